The Morgan fingerprint density at radius 3 is 2.52 bits per heavy atom. The molecule has 2 aliphatic rings. The number of benzene rings is 1. The third-order valence-electron chi connectivity index (χ3n) is 5.67. The Morgan fingerprint density at radius 1 is 1.18 bits per heavy atom. The Balaban J connectivity index is 1.37. The van der Waals surface area contributed by atoms with Gasteiger partial charge in [0.1, 0.15) is 17.7 Å². The Bertz CT molecular complexity index is 1060. The zero-order valence-corrected chi connectivity index (χ0v) is 18.2. The summed E-state index contributed by atoms with van der Waals surface area (Å²) in [6.45, 7) is 4.26. The number of nitrogens with zero attached hydrogens (tertiary/aromatic N) is 4. The van der Waals surface area contributed by atoms with Crippen molar-refractivity contribution in [3.05, 3.63) is 47.9 Å². The van der Waals surface area contributed by atoms with Gasteiger partial charge in [0.05, 0.1) is 30.0 Å². The quantitative estimate of drug-likeness (QED) is 0.668. The van der Waals surface area contributed by atoms with Crippen LogP contribution in [0.25, 0.3) is 0 Å². The largest absolute Gasteiger partial charge is 0.442 e. The second kappa shape index (κ2) is 9.31. The van der Waals surface area contributed by atoms with Gasteiger partial charge in [-0.25, -0.2) is 14.2 Å². The molecular formula is C22H25FN6O4. The van der Waals surface area contributed by atoms with E-state index in [4.69, 9.17) is 10.5 Å². The topological polar surface area (TPSA) is 121 Å². The summed E-state index contributed by atoms with van der Waals surface area (Å²) in [5.41, 5.74) is 6.46. The minimum Gasteiger partial charge on any atom is -0.442 e. The van der Waals surface area contributed by atoms with E-state index in [1.807, 2.05) is 4.90 Å². The van der Waals surface area contributed by atoms with Gasteiger partial charge in [-0.15, -0.1) is 0 Å². The van der Waals surface area contributed by atoms with Gasteiger partial charge < -0.3 is 25.6 Å². The van der Waals surface area contributed by atoms with Crippen LogP contribution in [-0.4, -0.2) is 68.3 Å². The number of carbonyl (C=O) groups excluding carboxylic acids is 3. The number of piperazine rings is 1. The SMILES string of the molecule is CC(=O)NC[C@H]1CN(c2ccc(N3CCN(c4ccc(C(N)=O)cn4)CC3)c(F)c2)C(=O)O1. The lowest BCUT2D eigenvalue weighted by molar-refractivity contribution is -0.119. The first-order chi connectivity index (χ1) is 15.8. The summed E-state index contributed by atoms with van der Waals surface area (Å²) in [6.07, 6.45) is 0.399. The minimum absolute atomic E-state index is 0.210. The standard InChI is InChI=1S/C22H25FN6O4/c1-14(30)25-12-17-13-29(22(32)33-17)16-3-4-19(18(23)10-16)27-6-8-28(9-7-27)20-5-2-15(11-26-20)21(24)31/h2-5,10-11,17H,6-9,12-13H2,1H3,(H2,24,31)(H,25,30)/t17-/m0/s1. The van der Waals surface area contributed by atoms with Crippen molar-refractivity contribution in [3.8, 4) is 0 Å². The molecule has 0 spiro atoms. The summed E-state index contributed by atoms with van der Waals surface area (Å²) in [5.74, 6) is -0.429. The molecule has 1 aromatic heterocycles. The monoisotopic (exact) mass is 456 g/mol. The van der Waals surface area contributed by atoms with E-state index in [9.17, 15) is 18.8 Å². The molecule has 10 nitrogen and oxygen atoms in total. The number of aromatic nitrogens is 1. The van der Waals surface area contributed by atoms with Gasteiger partial charge in [0.2, 0.25) is 11.8 Å². The highest BCUT2D eigenvalue weighted by atomic mass is 19.1. The molecule has 2 aromatic rings. The number of amides is 3. The van der Waals surface area contributed by atoms with Crippen molar-refractivity contribution in [3.63, 3.8) is 0 Å². The van der Waals surface area contributed by atoms with Gasteiger partial charge in [-0.3, -0.25) is 14.5 Å². The molecule has 33 heavy (non-hydrogen) atoms. The highest BCUT2D eigenvalue weighted by Gasteiger charge is 2.33. The second-order valence-electron chi connectivity index (χ2n) is 7.93. The molecule has 0 radical (unpaired) electrons. The van der Waals surface area contributed by atoms with Crippen molar-refractivity contribution < 1.29 is 23.5 Å². The van der Waals surface area contributed by atoms with Crippen LogP contribution in [0.2, 0.25) is 0 Å². The summed E-state index contributed by atoms with van der Waals surface area (Å²) >= 11 is 0. The van der Waals surface area contributed by atoms with Crippen molar-refractivity contribution in [2.24, 2.45) is 5.73 Å². The van der Waals surface area contributed by atoms with Crippen molar-refractivity contribution >= 4 is 35.1 Å². The molecule has 0 unspecified atom stereocenters. The van der Waals surface area contributed by atoms with E-state index in [1.54, 1.807) is 24.3 Å². The van der Waals surface area contributed by atoms with Gasteiger partial charge in [0.15, 0.2) is 0 Å². The van der Waals surface area contributed by atoms with Gasteiger partial charge >= 0.3 is 6.09 Å². The van der Waals surface area contributed by atoms with Crippen LogP contribution in [-0.2, 0) is 9.53 Å². The predicted octanol–water partition coefficient (Wildman–Crippen LogP) is 1.11. The number of ether oxygens (including phenoxy) is 1. The number of halogens is 1. The van der Waals surface area contributed by atoms with Crippen LogP contribution >= 0.6 is 0 Å². The molecular weight excluding hydrogens is 431 g/mol. The third kappa shape index (κ3) is 4.97. The third-order valence-corrected chi connectivity index (χ3v) is 5.67. The predicted molar refractivity (Wildman–Crippen MR) is 120 cm³/mol. The van der Waals surface area contributed by atoms with E-state index in [2.05, 4.69) is 15.2 Å². The second-order valence-corrected chi connectivity index (χ2v) is 7.93. The molecule has 2 saturated heterocycles. The summed E-state index contributed by atoms with van der Waals surface area (Å²) in [5, 5.41) is 2.61. The van der Waals surface area contributed by atoms with Crippen molar-refractivity contribution in [1.82, 2.24) is 10.3 Å². The van der Waals surface area contributed by atoms with Crippen LogP contribution in [0, 0.1) is 5.82 Å². The molecule has 3 N–H and O–H groups in total. The lowest BCUT2D eigenvalue weighted by Gasteiger charge is -2.37. The van der Waals surface area contributed by atoms with E-state index < -0.39 is 23.9 Å². The Morgan fingerprint density at radius 2 is 1.91 bits per heavy atom. The fraction of sp³-hybridized carbons (Fsp3) is 0.364. The first kappa shape index (κ1) is 22.3. The molecule has 0 saturated carbocycles. The number of anilines is 3. The molecule has 0 bridgehead atoms. The molecule has 2 aliphatic heterocycles. The van der Waals surface area contributed by atoms with Gasteiger partial charge in [-0.05, 0) is 30.3 Å². The van der Waals surface area contributed by atoms with Gasteiger partial charge in [-0.2, -0.15) is 0 Å². The first-order valence-corrected chi connectivity index (χ1v) is 10.6. The van der Waals surface area contributed by atoms with Crippen LogP contribution in [0.5, 0.6) is 0 Å². The number of nitrogens with one attached hydrogen (secondary N) is 1. The number of pyridine rings is 1. The molecule has 174 valence electrons. The van der Waals surface area contributed by atoms with Crippen LogP contribution in [0.3, 0.4) is 0 Å². The maximum atomic E-state index is 15.0. The maximum absolute atomic E-state index is 15.0. The van der Waals surface area contributed by atoms with E-state index in [0.717, 1.165) is 5.82 Å². The van der Waals surface area contributed by atoms with E-state index >= 15 is 0 Å². The molecule has 4 rings (SSSR count). The number of rotatable bonds is 6. The van der Waals surface area contributed by atoms with E-state index in [1.165, 1.54) is 24.1 Å². The van der Waals surface area contributed by atoms with Gasteiger partial charge in [-0.1, -0.05) is 0 Å². The van der Waals surface area contributed by atoms with Crippen LogP contribution in [0.4, 0.5) is 26.4 Å². The summed E-state index contributed by atoms with van der Waals surface area (Å²) in [6, 6.07) is 8.07. The molecule has 1 aromatic carbocycles. The average Bonchev–Trinajstić information content (AvgIpc) is 3.18. The van der Waals surface area contributed by atoms with Crippen molar-refractivity contribution in [1.29, 1.82) is 0 Å². The average molecular weight is 456 g/mol. The number of hydrogen-bond donors (Lipinski definition) is 2. The fourth-order valence-electron chi connectivity index (χ4n) is 3.91. The lowest BCUT2D eigenvalue weighted by Crippen LogP contribution is -2.47. The van der Waals surface area contributed by atoms with Gasteiger partial charge in [0.25, 0.3) is 0 Å². The Hall–Kier alpha value is -3.89. The molecule has 3 amide bonds. The van der Waals surface area contributed by atoms with Crippen LogP contribution in [0.1, 0.15) is 17.3 Å². The number of primary amides is 1. The fourth-order valence-corrected chi connectivity index (χ4v) is 3.91. The van der Waals surface area contributed by atoms with Crippen LogP contribution in [0.15, 0.2) is 36.5 Å². The molecule has 11 heteroatoms. The molecule has 0 aliphatic carbocycles. The number of carbonyl (C=O) groups is 3. The maximum Gasteiger partial charge on any atom is 0.414 e. The van der Waals surface area contributed by atoms with Gasteiger partial charge in [0, 0.05) is 39.3 Å². The Kier molecular flexibility index (Phi) is 6.29. The zero-order chi connectivity index (χ0) is 23.5. The number of nitrogens with two attached hydrogens (primary N) is 1. The first-order valence-electron chi connectivity index (χ1n) is 10.6. The smallest absolute Gasteiger partial charge is 0.414 e. The highest BCUT2D eigenvalue weighted by Crippen LogP contribution is 2.29. The summed E-state index contributed by atoms with van der Waals surface area (Å²) < 4.78 is 20.2. The summed E-state index contributed by atoms with van der Waals surface area (Å²) in [4.78, 5) is 44.1. The Labute approximate surface area is 190 Å². The minimum atomic E-state index is -0.569. The van der Waals surface area contributed by atoms with Crippen molar-refractivity contribution in [2.45, 2.75) is 13.0 Å². The highest BCUT2D eigenvalue weighted by molar-refractivity contribution is 5.92. The summed E-state index contributed by atoms with van der Waals surface area (Å²) in [7, 11) is 0. The van der Waals surface area contributed by atoms with Crippen LogP contribution < -0.4 is 25.8 Å². The molecule has 1 atom stereocenters. The zero-order valence-electron chi connectivity index (χ0n) is 18.2. The van der Waals surface area contributed by atoms with Crippen molar-refractivity contribution in [2.75, 3.05) is 54.0 Å². The molecule has 3 heterocycles. The lowest BCUT2D eigenvalue weighted by atomic mass is 10.2. The van der Waals surface area contributed by atoms with E-state index in [0.29, 0.717) is 43.1 Å². The molecule has 2 fully saturated rings. The number of cyclic esters (lactones) is 1. The van der Waals surface area contributed by atoms with E-state index in [-0.39, 0.29) is 19.0 Å². The number of hydrogen-bond acceptors (Lipinski definition) is 7. The normalized spacial score (nSPS) is 18.3.